The van der Waals surface area contributed by atoms with Crippen molar-refractivity contribution in [2.75, 3.05) is 13.2 Å². The van der Waals surface area contributed by atoms with Gasteiger partial charge in [-0.1, -0.05) is 28.1 Å². The quantitative estimate of drug-likeness (QED) is 0.383. The number of ether oxygens (including phenoxy) is 2. The predicted molar refractivity (Wildman–Crippen MR) is 116 cm³/mol. The van der Waals surface area contributed by atoms with Gasteiger partial charge in [0.15, 0.2) is 11.5 Å². The van der Waals surface area contributed by atoms with Gasteiger partial charge < -0.3 is 31.0 Å². The number of carbonyl (C=O) groups excluding carboxylic acids is 1. The molecule has 0 spiro atoms. The number of carbonyl (C=O) groups is 1. The van der Waals surface area contributed by atoms with Gasteiger partial charge in [0.2, 0.25) is 4.80 Å². The molecule has 1 aliphatic heterocycles. The van der Waals surface area contributed by atoms with Crippen molar-refractivity contribution >= 4 is 33.2 Å². The first-order valence-electron chi connectivity index (χ1n) is 8.94. The lowest BCUT2D eigenvalue weighted by Crippen LogP contribution is -3.00. The van der Waals surface area contributed by atoms with Crippen LogP contribution >= 0.6 is 27.3 Å². The molecule has 1 aromatic heterocycles. The standard InChI is InChI=1S/C21H18BrN3O3S.BrH/c1-2-8-25-17(14-6-7-18-19(12-14)28-10-9-27-18)13-29-21(25)24-23-20(26)15-4-3-5-16(22)11-15;/h2-7,11-13H,1,8-10H2,(H,23,26);1H/p-1/b24-21-;. The second-order valence-corrected chi connectivity index (χ2v) is 7.98. The summed E-state index contributed by atoms with van der Waals surface area (Å²) in [6.07, 6.45) is 1.80. The van der Waals surface area contributed by atoms with E-state index in [2.05, 4.69) is 33.0 Å². The zero-order valence-electron chi connectivity index (χ0n) is 15.8. The van der Waals surface area contributed by atoms with Gasteiger partial charge in [0.1, 0.15) is 13.2 Å². The minimum Gasteiger partial charge on any atom is -1.00 e. The fraction of sp³-hybridized carbons (Fsp3) is 0.143. The number of hydrogen-bond donors (Lipinski definition) is 1. The molecule has 2 aromatic carbocycles. The molecule has 0 unspecified atom stereocenters. The van der Waals surface area contributed by atoms with E-state index in [1.54, 1.807) is 18.2 Å². The predicted octanol–water partition coefficient (Wildman–Crippen LogP) is 1.19. The summed E-state index contributed by atoms with van der Waals surface area (Å²) in [5, 5.41) is 6.33. The molecule has 0 saturated heterocycles. The van der Waals surface area contributed by atoms with Crippen LogP contribution in [0.15, 0.2) is 70.1 Å². The molecule has 0 saturated carbocycles. The fourth-order valence-corrected chi connectivity index (χ4v) is 4.23. The molecule has 1 N–H and O–H groups in total. The van der Waals surface area contributed by atoms with Crippen LogP contribution in [0.1, 0.15) is 10.4 Å². The Morgan fingerprint density at radius 2 is 2.03 bits per heavy atom. The summed E-state index contributed by atoms with van der Waals surface area (Å²) in [6, 6.07) is 13.0. The van der Waals surface area contributed by atoms with E-state index in [-0.39, 0.29) is 22.9 Å². The van der Waals surface area contributed by atoms with Gasteiger partial charge in [0.05, 0.1) is 5.69 Å². The number of aromatic nitrogens is 1. The number of allylic oxidation sites excluding steroid dienone is 1. The van der Waals surface area contributed by atoms with Gasteiger partial charge in [-0.15, -0.1) is 23.0 Å². The number of amides is 1. The lowest BCUT2D eigenvalue weighted by atomic mass is 10.1. The zero-order valence-corrected chi connectivity index (χ0v) is 19.8. The number of thiazole rings is 1. The average Bonchev–Trinajstić information content (AvgIpc) is 3.14. The van der Waals surface area contributed by atoms with Crippen molar-refractivity contribution in [3.05, 3.63) is 75.3 Å². The Kier molecular flexibility index (Phi) is 7.52. The van der Waals surface area contributed by atoms with Crippen molar-refractivity contribution in [3.63, 3.8) is 0 Å². The van der Waals surface area contributed by atoms with Crippen LogP contribution in [0.5, 0.6) is 11.5 Å². The van der Waals surface area contributed by atoms with E-state index in [0.29, 0.717) is 30.1 Å². The van der Waals surface area contributed by atoms with E-state index in [9.17, 15) is 4.79 Å². The van der Waals surface area contributed by atoms with Crippen LogP contribution in [0, 0.1) is 0 Å². The topological polar surface area (TPSA) is 64.8 Å². The molecule has 0 atom stereocenters. The highest BCUT2D eigenvalue weighted by atomic mass is 79.9. The Bertz CT molecular complexity index is 1140. The fourth-order valence-electron chi connectivity index (χ4n) is 2.95. The third kappa shape index (κ3) is 4.85. The van der Waals surface area contributed by atoms with E-state index in [0.717, 1.165) is 27.2 Å². The summed E-state index contributed by atoms with van der Waals surface area (Å²) in [5.41, 5.74) is 5.10. The van der Waals surface area contributed by atoms with E-state index >= 15 is 0 Å². The minimum absolute atomic E-state index is 0. The van der Waals surface area contributed by atoms with E-state index < -0.39 is 0 Å². The number of hydrogen-bond acceptors (Lipinski definition) is 5. The maximum Gasteiger partial charge on any atom is 0.271 e. The Morgan fingerprint density at radius 3 is 2.80 bits per heavy atom. The van der Waals surface area contributed by atoms with E-state index in [1.165, 1.54) is 11.3 Å². The molecule has 9 heteroatoms. The van der Waals surface area contributed by atoms with Crippen LogP contribution in [-0.4, -0.2) is 23.7 Å². The highest BCUT2D eigenvalue weighted by Gasteiger charge is 2.15. The smallest absolute Gasteiger partial charge is 0.271 e. The minimum atomic E-state index is -0.272. The summed E-state index contributed by atoms with van der Waals surface area (Å²) >= 11 is 4.81. The van der Waals surface area contributed by atoms with Crippen molar-refractivity contribution in [2.45, 2.75) is 6.54 Å². The molecule has 156 valence electrons. The first-order chi connectivity index (χ1) is 14.2. The third-order valence-corrected chi connectivity index (χ3v) is 5.64. The molecule has 0 aliphatic carbocycles. The SMILES string of the molecule is C=CCn1c(-c2ccc3c(c2)OCCO3)cs/c1=N\NC(=O)c1cccc(Br)c1.[Br-]. The Hall–Kier alpha value is -2.36. The Labute approximate surface area is 196 Å². The lowest BCUT2D eigenvalue weighted by molar-refractivity contribution is -0.0000144. The van der Waals surface area contributed by atoms with Crippen LogP contribution in [0.25, 0.3) is 11.3 Å². The number of nitrogens with one attached hydrogen (secondary N) is 1. The van der Waals surface area contributed by atoms with Crippen LogP contribution in [0.4, 0.5) is 0 Å². The molecule has 0 fully saturated rings. The van der Waals surface area contributed by atoms with Gasteiger partial charge >= 0.3 is 0 Å². The van der Waals surface area contributed by atoms with Gasteiger partial charge in [-0.2, -0.15) is 0 Å². The second kappa shape index (κ2) is 10.1. The van der Waals surface area contributed by atoms with Crippen molar-refractivity contribution < 1.29 is 31.2 Å². The average molecular weight is 552 g/mol. The van der Waals surface area contributed by atoms with Crippen LogP contribution in [0.2, 0.25) is 0 Å². The van der Waals surface area contributed by atoms with Gasteiger partial charge in [0, 0.05) is 27.5 Å². The van der Waals surface area contributed by atoms with E-state index in [1.807, 2.05) is 40.3 Å². The molecule has 6 nitrogen and oxygen atoms in total. The van der Waals surface area contributed by atoms with Crippen molar-refractivity contribution in [1.29, 1.82) is 0 Å². The van der Waals surface area contributed by atoms with Crippen LogP contribution in [0.3, 0.4) is 0 Å². The van der Waals surface area contributed by atoms with Gasteiger partial charge in [-0.25, -0.2) is 5.43 Å². The first kappa shape index (κ1) is 22.3. The summed E-state index contributed by atoms with van der Waals surface area (Å²) in [4.78, 5) is 13.1. The molecule has 0 radical (unpaired) electrons. The first-order valence-corrected chi connectivity index (χ1v) is 10.6. The van der Waals surface area contributed by atoms with Crippen molar-refractivity contribution in [3.8, 4) is 22.8 Å². The molecule has 0 bridgehead atoms. The maximum absolute atomic E-state index is 12.4. The number of rotatable bonds is 5. The largest absolute Gasteiger partial charge is 1.00 e. The highest BCUT2D eigenvalue weighted by molar-refractivity contribution is 9.10. The Balaban J connectivity index is 0.00000256. The molecule has 30 heavy (non-hydrogen) atoms. The van der Waals surface area contributed by atoms with Gasteiger partial charge in [-0.3, -0.25) is 4.79 Å². The number of fused-ring (bicyclic) bond motifs is 1. The van der Waals surface area contributed by atoms with Gasteiger partial charge in [0.25, 0.3) is 5.91 Å². The van der Waals surface area contributed by atoms with Crippen LogP contribution in [-0.2, 0) is 6.54 Å². The van der Waals surface area contributed by atoms with E-state index in [4.69, 9.17) is 9.47 Å². The van der Waals surface area contributed by atoms with Gasteiger partial charge in [-0.05, 0) is 36.4 Å². The molecule has 1 amide bonds. The molecule has 4 rings (SSSR count). The third-order valence-electron chi connectivity index (χ3n) is 4.29. The summed E-state index contributed by atoms with van der Waals surface area (Å²) in [7, 11) is 0. The molecule has 3 aromatic rings. The van der Waals surface area contributed by atoms with Crippen molar-refractivity contribution in [2.24, 2.45) is 5.10 Å². The summed E-state index contributed by atoms with van der Waals surface area (Å²) in [5.74, 6) is 1.20. The summed E-state index contributed by atoms with van der Waals surface area (Å²) < 4.78 is 14.1. The molecular formula is C21H18Br2N3O3S-. The monoisotopic (exact) mass is 550 g/mol. The van der Waals surface area contributed by atoms with Crippen LogP contribution < -0.4 is 36.7 Å². The number of benzene rings is 2. The highest BCUT2D eigenvalue weighted by Crippen LogP contribution is 2.34. The number of halogens is 2. The normalized spacial score (nSPS) is 12.8. The molecule has 1 aliphatic rings. The molecule has 2 heterocycles. The summed E-state index contributed by atoms with van der Waals surface area (Å²) in [6.45, 7) is 5.49. The maximum atomic E-state index is 12.4. The zero-order chi connectivity index (χ0) is 20.2. The molecular weight excluding hydrogens is 534 g/mol. The second-order valence-electron chi connectivity index (χ2n) is 6.22. The lowest BCUT2D eigenvalue weighted by Gasteiger charge is -2.19. The Morgan fingerprint density at radius 1 is 1.23 bits per heavy atom. The van der Waals surface area contributed by atoms with Crippen molar-refractivity contribution in [1.82, 2.24) is 9.99 Å². The number of nitrogens with zero attached hydrogens (tertiary/aromatic N) is 2.